The topological polar surface area (TPSA) is 73.7 Å². The highest BCUT2D eigenvalue weighted by Crippen LogP contribution is 2.24. The molecule has 5 heteroatoms. The highest BCUT2D eigenvalue weighted by Gasteiger charge is 2.30. The standard InChI is InChI=1S/C12H16N2O3/c1-12(17)3-6-14(7-4-12)11(16)9-2-5-13-8-10(9)15/h2,5,8,15,17H,3-4,6-7H2,1H3. The van der Waals surface area contributed by atoms with Gasteiger partial charge in [-0.3, -0.25) is 9.78 Å². The van der Waals surface area contributed by atoms with Crippen LogP contribution in [0.4, 0.5) is 0 Å². The van der Waals surface area contributed by atoms with E-state index in [0.29, 0.717) is 25.9 Å². The zero-order chi connectivity index (χ0) is 12.5. The summed E-state index contributed by atoms with van der Waals surface area (Å²) in [5.41, 5.74) is -0.418. The molecule has 1 aromatic rings. The Kier molecular flexibility index (Phi) is 3.02. The SMILES string of the molecule is CC1(O)CCN(C(=O)c2ccncc2O)CC1. The maximum absolute atomic E-state index is 12.1. The van der Waals surface area contributed by atoms with Crippen LogP contribution in [0.3, 0.4) is 0 Å². The van der Waals surface area contributed by atoms with Gasteiger partial charge in [0.1, 0.15) is 5.75 Å². The van der Waals surface area contributed by atoms with Gasteiger partial charge in [-0.25, -0.2) is 0 Å². The Morgan fingerprint density at radius 2 is 2.12 bits per heavy atom. The van der Waals surface area contributed by atoms with Gasteiger partial charge in [-0.15, -0.1) is 0 Å². The Hall–Kier alpha value is -1.62. The fourth-order valence-electron chi connectivity index (χ4n) is 1.93. The number of carbonyl (C=O) groups is 1. The van der Waals surface area contributed by atoms with Gasteiger partial charge in [-0.05, 0) is 25.8 Å². The fraction of sp³-hybridized carbons (Fsp3) is 0.500. The van der Waals surface area contributed by atoms with Crippen LogP contribution in [0.25, 0.3) is 0 Å². The fourth-order valence-corrected chi connectivity index (χ4v) is 1.93. The number of nitrogens with zero attached hydrogens (tertiary/aromatic N) is 2. The molecule has 0 atom stereocenters. The average Bonchev–Trinajstić information content (AvgIpc) is 2.29. The molecule has 5 nitrogen and oxygen atoms in total. The van der Waals surface area contributed by atoms with Crippen molar-refractivity contribution in [1.29, 1.82) is 0 Å². The zero-order valence-corrected chi connectivity index (χ0v) is 9.76. The van der Waals surface area contributed by atoms with Crippen LogP contribution in [-0.2, 0) is 0 Å². The normalized spacial score (nSPS) is 19.1. The first kappa shape index (κ1) is 11.9. The molecule has 1 aliphatic heterocycles. The summed E-state index contributed by atoms with van der Waals surface area (Å²) in [5, 5.41) is 19.4. The first-order chi connectivity index (χ1) is 7.99. The van der Waals surface area contributed by atoms with E-state index in [1.165, 1.54) is 18.5 Å². The van der Waals surface area contributed by atoms with Crippen molar-refractivity contribution in [3.05, 3.63) is 24.0 Å². The van der Waals surface area contributed by atoms with Crippen LogP contribution in [0, 0.1) is 0 Å². The second-order valence-corrected chi connectivity index (χ2v) is 4.68. The summed E-state index contributed by atoms with van der Waals surface area (Å²) < 4.78 is 0. The minimum atomic E-state index is -0.683. The quantitative estimate of drug-likeness (QED) is 0.755. The zero-order valence-electron chi connectivity index (χ0n) is 9.76. The van der Waals surface area contributed by atoms with E-state index in [2.05, 4.69) is 4.98 Å². The lowest BCUT2D eigenvalue weighted by Crippen LogP contribution is -2.45. The Balaban J connectivity index is 2.10. The van der Waals surface area contributed by atoms with Crippen molar-refractivity contribution in [3.8, 4) is 5.75 Å². The maximum Gasteiger partial charge on any atom is 0.257 e. The molecule has 92 valence electrons. The van der Waals surface area contributed by atoms with Crippen LogP contribution in [0.2, 0.25) is 0 Å². The van der Waals surface area contributed by atoms with Crippen LogP contribution in [0.15, 0.2) is 18.5 Å². The third kappa shape index (κ3) is 2.55. The molecule has 0 unspecified atom stereocenters. The van der Waals surface area contributed by atoms with Crippen molar-refractivity contribution in [2.45, 2.75) is 25.4 Å². The number of piperidine rings is 1. The minimum Gasteiger partial charge on any atom is -0.505 e. The van der Waals surface area contributed by atoms with Crippen molar-refractivity contribution in [2.24, 2.45) is 0 Å². The van der Waals surface area contributed by atoms with Gasteiger partial charge >= 0.3 is 0 Å². The molecule has 1 aliphatic rings. The molecular weight excluding hydrogens is 220 g/mol. The highest BCUT2D eigenvalue weighted by atomic mass is 16.3. The molecule has 0 radical (unpaired) electrons. The molecule has 1 saturated heterocycles. The number of likely N-dealkylation sites (tertiary alicyclic amines) is 1. The largest absolute Gasteiger partial charge is 0.505 e. The number of aromatic hydroxyl groups is 1. The summed E-state index contributed by atoms with van der Waals surface area (Å²) >= 11 is 0. The first-order valence-corrected chi connectivity index (χ1v) is 5.64. The average molecular weight is 236 g/mol. The monoisotopic (exact) mass is 236 g/mol. The number of amides is 1. The summed E-state index contributed by atoms with van der Waals surface area (Å²) in [6.45, 7) is 2.79. The van der Waals surface area contributed by atoms with E-state index < -0.39 is 5.60 Å². The van der Waals surface area contributed by atoms with Gasteiger partial charge in [0.2, 0.25) is 0 Å². The molecule has 1 amide bonds. The van der Waals surface area contributed by atoms with E-state index in [0.717, 1.165) is 0 Å². The van der Waals surface area contributed by atoms with Crippen LogP contribution in [0.5, 0.6) is 5.75 Å². The molecule has 17 heavy (non-hydrogen) atoms. The van der Waals surface area contributed by atoms with Gasteiger partial charge in [-0.1, -0.05) is 0 Å². The number of carbonyl (C=O) groups excluding carboxylic acids is 1. The van der Waals surface area contributed by atoms with Crippen molar-refractivity contribution >= 4 is 5.91 Å². The molecule has 0 saturated carbocycles. The lowest BCUT2D eigenvalue weighted by Gasteiger charge is -2.35. The Morgan fingerprint density at radius 1 is 1.47 bits per heavy atom. The molecular formula is C12H16N2O3. The summed E-state index contributed by atoms with van der Waals surface area (Å²) in [6, 6.07) is 1.50. The molecule has 0 spiro atoms. The second kappa shape index (κ2) is 4.33. The van der Waals surface area contributed by atoms with E-state index in [9.17, 15) is 15.0 Å². The Labute approximate surface area is 99.7 Å². The van der Waals surface area contributed by atoms with Crippen molar-refractivity contribution < 1.29 is 15.0 Å². The van der Waals surface area contributed by atoms with Gasteiger partial charge in [0, 0.05) is 19.3 Å². The number of pyridine rings is 1. The van der Waals surface area contributed by atoms with Crippen molar-refractivity contribution in [1.82, 2.24) is 9.88 Å². The predicted octanol–water partition coefficient (Wildman–Crippen LogP) is 0.774. The van der Waals surface area contributed by atoms with Crippen molar-refractivity contribution in [3.63, 3.8) is 0 Å². The molecule has 2 rings (SSSR count). The van der Waals surface area contributed by atoms with Gasteiger partial charge < -0.3 is 15.1 Å². The number of aliphatic hydroxyl groups is 1. The molecule has 1 fully saturated rings. The van der Waals surface area contributed by atoms with Crippen LogP contribution in [0.1, 0.15) is 30.1 Å². The Morgan fingerprint density at radius 3 is 2.71 bits per heavy atom. The summed E-state index contributed by atoms with van der Waals surface area (Å²) in [6.07, 6.45) is 3.86. The lowest BCUT2D eigenvalue weighted by molar-refractivity contribution is -0.00208. The Bertz CT molecular complexity index is 422. The third-order valence-electron chi connectivity index (χ3n) is 3.16. The number of hydrogen-bond acceptors (Lipinski definition) is 4. The number of rotatable bonds is 1. The second-order valence-electron chi connectivity index (χ2n) is 4.68. The smallest absolute Gasteiger partial charge is 0.257 e. The molecule has 1 aromatic heterocycles. The van der Waals surface area contributed by atoms with Gasteiger partial charge in [-0.2, -0.15) is 0 Å². The molecule has 0 aliphatic carbocycles. The molecule has 0 aromatic carbocycles. The van der Waals surface area contributed by atoms with E-state index in [1.54, 1.807) is 11.8 Å². The van der Waals surface area contributed by atoms with Gasteiger partial charge in [0.25, 0.3) is 5.91 Å². The highest BCUT2D eigenvalue weighted by molar-refractivity contribution is 5.96. The predicted molar refractivity (Wildman–Crippen MR) is 61.7 cm³/mol. The summed E-state index contributed by atoms with van der Waals surface area (Å²) in [7, 11) is 0. The lowest BCUT2D eigenvalue weighted by atomic mass is 9.93. The molecule has 2 N–H and O–H groups in total. The maximum atomic E-state index is 12.1. The van der Waals surface area contributed by atoms with Crippen LogP contribution in [-0.4, -0.2) is 44.7 Å². The first-order valence-electron chi connectivity index (χ1n) is 5.64. The van der Waals surface area contributed by atoms with Crippen LogP contribution >= 0.6 is 0 Å². The van der Waals surface area contributed by atoms with E-state index in [-0.39, 0.29) is 17.2 Å². The molecule has 2 heterocycles. The van der Waals surface area contributed by atoms with E-state index in [4.69, 9.17) is 0 Å². The van der Waals surface area contributed by atoms with Gasteiger partial charge in [0.15, 0.2) is 0 Å². The summed E-state index contributed by atoms with van der Waals surface area (Å²) in [4.78, 5) is 17.5. The van der Waals surface area contributed by atoms with E-state index >= 15 is 0 Å². The van der Waals surface area contributed by atoms with Crippen molar-refractivity contribution in [2.75, 3.05) is 13.1 Å². The van der Waals surface area contributed by atoms with Crippen LogP contribution < -0.4 is 0 Å². The minimum absolute atomic E-state index is 0.102. The van der Waals surface area contributed by atoms with E-state index in [1.807, 2.05) is 0 Å². The summed E-state index contributed by atoms with van der Waals surface area (Å²) in [5.74, 6) is -0.310. The third-order valence-corrected chi connectivity index (χ3v) is 3.16. The molecule has 0 bridgehead atoms. The van der Waals surface area contributed by atoms with Gasteiger partial charge in [0.05, 0.1) is 17.4 Å². The number of aromatic nitrogens is 1. The number of hydrogen-bond donors (Lipinski definition) is 2.